The maximum absolute atomic E-state index is 13.5. The van der Waals surface area contributed by atoms with Crippen molar-refractivity contribution in [3.63, 3.8) is 0 Å². The Hall–Kier alpha value is -1.00. The van der Waals surface area contributed by atoms with E-state index in [0.717, 1.165) is 18.4 Å². The summed E-state index contributed by atoms with van der Waals surface area (Å²) >= 11 is 4.89. The quantitative estimate of drug-likeness (QED) is 0.858. The molecule has 20 heavy (non-hydrogen) atoms. The summed E-state index contributed by atoms with van der Waals surface area (Å²) in [6, 6.07) is 4.65. The summed E-state index contributed by atoms with van der Waals surface area (Å²) in [5.74, 6) is 1.08. The third-order valence-corrected chi connectivity index (χ3v) is 4.10. The lowest BCUT2D eigenvalue weighted by Gasteiger charge is -2.31. The summed E-state index contributed by atoms with van der Waals surface area (Å²) < 4.78 is 19.5. The van der Waals surface area contributed by atoms with E-state index >= 15 is 0 Å². The van der Waals surface area contributed by atoms with Crippen LogP contribution >= 0.6 is 12.2 Å². The Kier molecular flexibility index (Phi) is 5.11. The third-order valence-electron chi connectivity index (χ3n) is 3.86. The van der Waals surface area contributed by atoms with Gasteiger partial charge in [0.15, 0.2) is 0 Å². The van der Waals surface area contributed by atoms with E-state index in [-0.39, 0.29) is 16.9 Å². The van der Waals surface area contributed by atoms with Gasteiger partial charge in [-0.1, -0.05) is 26.1 Å². The lowest BCUT2D eigenvalue weighted by Crippen LogP contribution is -2.26. The Balaban J connectivity index is 1.98. The van der Waals surface area contributed by atoms with Crippen LogP contribution in [-0.2, 0) is 11.3 Å². The number of ether oxygens (including phenoxy) is 1. The van der Waals surface area contributed by atoms with Crippen LogP contribution in [0.2, 0.25) is 0 Å². The summed E-state index contributed by atoms with van der Waals surface area (Å²) in [4.78, 5) is 0.214. The van der Waals surface area contributed by atoms with Crippen molar-refractivity contribution in [1.29, 1.82) is 0 Å². The van der Waals surface area contributed by atoms with E-state index in [1.807, 2.05) is 0 Å². The molecule has 1 aliphatic rings. The van der Waals surface area contributed by atoms with Crippen LogP contribution in [0.25, 0.3) is 0 Å². The molecule has 2 atom stereocenters. The lowest BCUT2D eigenvalue weighted by atomic mass is 9.82. The molecule has 0 saturated heterocycles. The van der Waals surface area contributed by atoms with Gasteiger partial charge in [0.1, 0.15) is 10.8 Å². The first-order valence-electron chi connectivity index (χ1n) is 7.15. The van der Waals surface area contributed by atoms with Crippen LogP contribution in [0.1, 0.15) is 44.2 Å². The van der Waals surface area contributed by atoms with E-state index in [1.165, 1.54) is 18.6 Å². The number of thiocarbonyl (C=S) groups is 1. The second-order valence-corrected chi connectivity index (χ2v) is 6.50. The molecule has 4 heteroatoms. The highest BCUT2D eigenvalue weighted by Gasteiger charge is 2.24. The molecular weight excluding hydrogens is 273 g/mol. The zero-order chi connectivity index (χ0) is 14.7. The van der Waals surface area contributed by atoms with Crippen molar-refractivity contribution in [1.82, 2.24) is 0 Å². The van der Waals surface area contributed by atoms with Gasteiger partial charge in [0.2, 0.25) is 0 Å². The Labute approximate surface area is 125 Å². The number of nitrogens with two attached hydrogens (primary N) is 1. The van der Waals surface area contributed by atoms with Crippen LogP contribution in [0, 0.1) is 17.7 Å². The molecule has 1 saturated carbocycles. The lowest BCUT2D eigenvalue weighted by molar-refractivity contribution is -0.00924. The van der Waals surface area contributed by atoms with Crippen molar-refractivity contribution < 1.29 is 9.13 Å². The average Bonchev–Trinajstić information content (AvgIpc) is 2.34. The monoisotopic (exact) mass is 295 g/mol. The Morgan fingerprint density at radius 2 is 1.90 bits per heavy atom. The Morgan fingerprint density at radius 1 is 1.25 bits per heavy atom. The van der Waals surface area contributed by atoms with Gasteiger partial charge in [0.25, 0.3) is 0 Å². The Bertz CT molecular complexity index is 481. The molecule has 2 nitrogen and oxygen atoms in total. The van der Waals surface area contributed by atoms with Crippen molar-refractivity contribution in [2.24, 2.45) is 17.6 Å². The number of rotatable bonds is 4. The second-order valence-electron chi connectivity index (χ2n) is 6.06. The van der Waals surface area contributed by atoms with Gasteiger partial charge < -0.3 is 10.5 Å². The van der Waals surface area contributed by atoms with Crippen molar-refractivity contribution in [2.45, 2.75) is 45.8 Å². The predicted molar refractivity (Wildman–Crippen MR) is 83.0 cm³/mol. The molecule has 1 aromatic rings. The van der Waals surface area contributed by atoms with Crippen LogP contribution in [-0.4, -0.2) is 11.1 Å². The number of hydrogen-bond acceptors (Lipinski definition) is 2. The SMILES string of the molecule is CC1CC(C)CC(OCc2cc(F)cc(C(N)=S)c2)C1. The highest BCUT2D eigenvalue weighted by Crippen LogP contribution is 2.30. The standard InChI is InChI=1S/C16H22FNOS/c1-10-3-11(2)5-15(4-10)19-9-12-6-13(16(18)20)8-14(17)7-12/h6-8,10-11,15H,3-5,9H2,1-2H3,(H2,18,20). The van der Waals surface area contributed by atoms with E-state index in [9.17, 15) is 4.39 Å². The van der Waals surface area contributed by atoms with Crippen LogP contribution in [0.15, 0.2) is 18.2 Å². The van der Waals surface area contributed by atoms with Crippen LogP contribution in [0.3, 0.4) is 0 Å². The van der Waals surface area contributed by atoms with E-state index < -0.39 is 0 Å². The molecule has 0 spiro atoms. The van der Waals surface area contributed by atoms with Crippen LogP contribution in [0.5, 0.6) is 0 Å². The third kappa shape index (κ3) is 4.25. The topological polar surface area (TPSA) is 35.2 Å². The minimum Gasteiger partial charge on any atom is -0.389 e. The predicted octanol–water partition coefficient (Wildman–Crippen LogP) is 3.80. The molecule has 0 radical (unpaired) electrons. The van der Waals surface area contributed by atoms with Gasteiger partial charge in [-0.3, -0.25) is 0 Å². The molecule has 1 aromatic carbocycles. The molecule has 0 bridgehead atoms. The summed E-state index contributed by atoms with van der Waals surface area (Å²) in [6.07, 6.45) is 3.71. The molecule has 0 aromatic heterocycles. The molecule has 110 valence electrons. The molecule has 2 N–H and O–H groups in total. The number of benzene rings is 1. The van der Waals surface area contributed by atoms with Crippen LogP contribution < -0.4 is 5.73 Å². The molecule has 0 heterocycles. The van der Waals surface area contributed by atoms with Crippen molar-refractivity contribution in [2.75, 3.05) is 0 Å². The molecule has 2 rings (SSSR count). The van der Waals surface area contributed by atoms with E-state index in [2.05, 4.69) is 13.8 Å². The van der Waals surface area contributed by atoms with Gasteiger partial charge in [-0.15, -0.1) is 0 Å². The zero-order valence-electron chi connectivity index (χ0n) is 12.1. The number of hydrogen-bond donors (Lipinski definition) is 1. The van der Waals surface area contributed by atoms with Crippen LogP contribution in [0.4, 0.5) is 4.39 Å². The fourth-order valence-electron chi connectivity index (χ4n) is 3.10. The van der Waals surface area contributed by atoms with Gasteiger partial charge in [-0.25, -0.2) is 4.39 Å². The maximum atomic E-state index is 13.5. The first-order chi connectivity index (χ1) is 9.44. The Morgan fingerprint density at radius 3 is 2.50 bits per heavy atom. The number of halogens is 1. The van der Waals surface area contributed by atoms with Crippen molar-refractivity contribution in [3.05, 3.63) is 35.1 Å². The molecule has 2 unspecified atom stereocenters. The molecule has 1 fully saturated rings. The summed E-state index contributed by atoms with van der Waals surface area (Å²) in [5, 5.41) is 0. The fraction of sp³-hybridized carbons (Fsp3) is 0.562. The zero-order valence-corrected chi connectivity index (χ0v) is 12.9. The minimum atomic E-state index is -0.320. The molecule has 0 aliphatic heterocycles. The van der Waals surface area contributed by atoms with Gasteiger partial charge in [-0.2, -0.15) is 0 Å². The maximum Gasteiger partial charge on any atom is 0.124 e. The minimum absolute atomic E-state index is 0.214. The van der Waals surface area contributed by atoms with E-state index in [1.54, 1.807) is 6.07 Å². The van der Waals surface area contributed by atoms with Crippen molar-refractivity contribution >= 4 is 17.2 Å². The normalized spacial score (nSPS) is 26.4. The first kappa shape index (κ1) is 15.4. The largest absolute Gasteiger partial charge is 0.389 e. The smallest absolute Gasteiger partial charge is 0.124 e. The molecule has 1 aliphatic carbocycles. The van der Waals surface area contributed by atoms with E-state index in [4.69, 9.17) is 22.7 Å². The summed E-state index contributed by atoms with van der Waals surface area (Å²) in [7, 11) is 0. The second kappa shape index (κ2) is 6.64. The first-order valence-corrected chi connectivity index (χ1v) is 7.55. The fourth-order valence-corrected chi connectivity index (χ4v) is 3.22. The van der Waals surface area contributed by atoms with Gasteiger partial charge in [-0.05, 0) is 54.9 Å². The molecule has 0 amide bonds. The molecular formula is C16H22FNOS. The summed E-state index contributed by atoms with van der Waals surface area (Å²) in [6.45, 7) is 4.94. The highest BCUT2D eigenvalue weighted by atomic mass is 32.1. The highest BCUT2D eigenvalue weighted by molar-refractivity contribution is 7.80. The van der Waals surface area contributed by atoms with Crippen molar-refractivity contribution in [3.8, 4) is 0 Å². The average molecular weight is 295 g/mol. The van der Waals surface area contributed by atoms with E-state index in [0.29, 0.717) is 24.0 Å². The van der Waals surface area contributed by atoms with Gasteiger partial charge in [0.05, 0.1) is 12.7 Å². The van der Waals surface area contributed by atoms with Gasteiger partial charge >= 0.3 is 0 Å². The summed E-state index contributed by atoms with van der Waals surface area (Å²) in [5.41, 5.74) is 6.90. The van der Waals surface area contributed by atoms with Gasteiger partial charge in [0, 0.05) is 5.56 Å².